The molecule has 0 aliphatic carbocycles. The third-order valence-electron chi connectivity index (χ3n) is 7.91. The maximum atomic E-state index is 6.24. The summed E-state index contributed by atoms with van der Waals surface area (Å²) in [6.07, 6.45) is 9.20. The molecule has 1 radical (unpaired) electrons. The fourth-order valence-corrected chi connectivity index (χ4v) is 5.55. The molecule has 4 aromatic heterocycles. The Bertz CT molecular complexity index is 2090. The van der Waals surface area contributed by atoms with Gasteiger partial charge < -0.3 is 14.0 Å². The van der Waals surface area contributed by atoms with E-state index in [1.54, 1.807) is 6.20 Å². The monoisotopic (exact) mass is 771 g/mol. The van der Waals surface area contributed by atoms with Crippen LogP contribution in [0.25, 0.3) is 38.9 Å². The zero-order valence-corrected chi connectivity index (χ0v) is 27.4. The zero-order chi connectivity index (χ0) is 30.5. The molecule has 0 spiro atoms. The largest absolute Gasteiger partial charge is 0.519 e. The minimum absolute atomic E-state index is 0. The summed E-state index contributed by atoms with van der Waals surface area (Å²) in [5.41, 5.74) is 6.91. The predicted octanol–water partition coefficient (Wildman–Crippen LogP) is 8.56. The van der Waals surface area contributed by atoms with Gasteiger partial charge in [0.15, 0.2) is 6.20 Å². The maximum absolute atomic E-state index is 6.24. The molecule has 4 heterocycles. The van der Waals surface area contributed by atoms with Gasteiger partial charge in [0.1, 0.15) is 5.58 Å². The van der Waals surface area contributed by atoms with Gasteiger partial charge in [0.2, 0.25) is 0 Å². The standard InChI is InChI=1S/C30H20N2O.C11H8N.Ir/c1-30(22-11-3-2-4-12-22,28-18-7-8-19-31-28)23-13-10-20-32(21-23)26-16-9-15-25-24-14-5-6-17-27(24)33-29(25)26;1-2-6-10(7-3-1)11-8-4-5-9-12-11;/h2-11,13-15,17-20H,1H3;1-6,8-9H;/q-2;-1;. The van der Waals surface area contributed by atoms with Gasteiger partial charge in [-0.25, -0.2) is 0 Å². The summed E-state index contributed by atoms with van der Waals surface area (Å²) in [5.74, 6) is 0. The van der Waals surface area contributed by atoms with E-state index in [0.717, 1.165) is 55.7 Å². The Morgan fingerprint density at radius 2 is 1.37 bits per heavy atom. The van der Waals surface area contributed by atoms with E-state index in [9.17, 15) is 0 Å². The summed E-state index contributed by atoms with van der Waals surface area (Å²) in [7, 11) is 0. The average molecular weight is 771 g/mol. The van der Waals surface area contributed by atoms with Gasteiger partial charge in [-0.15, -0.1) is 47.5 Å². The van der Waals surface area contributed by atoms with Crippen molar-refractivity contribution in [2.45, 2.75) is 12.3 Å². The first-order valence-corrected chi connectivity index (χ1v) is 14.8. The van der Waals surface area contributed by atoms with Gasteiger partial charge in [-0.2, -0.15) is 48.5 Å². The second kappa shape index (κ2) is 13.8. The molecule has 0 saturated heterocycles. The smallest absolute Gasteiger partial charge is 0.155 e. The second-order valence-corrected chi connectivity index (χ2v) is 10.7. The fraction of sp³-hybridized carbons (Fsp3) is 0.0488. The number of fused-ring (bicyclic) bond motifs is 3. The second-order valence-electron chi connectivity index (χ2n) is 10.7. The van der Waals surface area contributed by atoms with Crippen LogP contribution in [0.3, 0.4) is 0 Å². The average Bonchev–Trinajstić information content (AvgIpc) is 3.52. The van der Waals surface area contributed by atoms with Gasteiger partial charge in [0.05, 0.1) is 17.6 Å². The van der Waals surface area contributed by atoms with E-state index < -0.39 is 5.41 Å². The van der Waals surface area contributed by atoms with Crippen LogP contribution in [0.4, 0.5) is 0 Å². The third-order valence-corrected chi connectivity index (χ3v) is 7.91. The molecule has 5 heteroatoms. The van der Waals surface area contributed by atoms with Crippen molar-refractivity contribution in [1.29, 1.82) is 0 Å². The molecule has 4 nitrogen and oxygen atoms in total. The van der Waals surface area contributed by atoms with Crippen LogP contribution in [0, 0.1) is 24.4 Å². The Morgan fingerprint density at radius 1 is 0.630 bits per heavy atom. The molecule has 0 saturated carbocycles. The molecule has 0 N–H and O–H groups in total. The quantitative estimate of drug-likeness (QED) is 0.130. The number of furan rings is 1. The number of rotatable bonds is 5. The molecule has 8 rings (SSSR count). The molecule has 8 aromatic rings. The van der Waals surface area contributed by atoms with E-state index in [1.165, 1.54) is 0 Å². The van der Waals surface area contributed by atoms with Gasteiger partial charge >= 0.3 is 0 Å². The number of hydrogen-bond donors (Lipinski definition) is 0. The first kappa shape index (κ1) is 30.8. The van der Waals surface area contributed by atoms with Crippen molar-refractivity contribution in [3.05, 3.63) is 193 Å². The van der Waals surface area contributed by atoms with Gasteiger partial charge in [-0.1, -0.05) is 47.9 Å². The van der Waals surface area contributed by atoms with E-state index in [1.807, 2.05) is 126 Å². The van der Waals surface area contributed by atoms with Crippen molar-refractivity contribution in [2.75, 3.05) is 0 Å². The predicted molar refractivity (Wildman–Crippen MR) is 177 cm³/mol. The van der Waals surface area contributed by atoms with E-state index in [0.29, 0.717) is 0 Å². The van der Waals surface area contributed by atoms with Crippen LogP contribution in [0.1, 0.15) is 23.7 Å². The molecule has 1 atom stereocenters. The normalized spacial score (nSPS) is 12.0. The van der Waals surface area contributed by atoms with Crippen LogP contribution in [0.15, 0.2) is 156 Å². The Kier molecular flexibility index (Phi) is 9.25. The first-order valence-electron chi connectivity index (χ1n) is 14.8. The molecule has 46 heavy (non-hydrogen) atoms. The number of benzene rings is 4. The van der Waals surface area contributed by atoms with Crippen molar-refractivity contribution < 1.29 is 29.1 Å². The van der Waals surface area contributed by atoms with Gasteiger partial charge in [-0.3, -0.25) is 4.98 Å². The van der Waals surface area contributed by atoms with Gasteiger partial charge in [0.25, 0.3) is 0 Å². The van der Waals surface area contributed by atoms with E-state index >= 15 is 0 Å². The van der Waals surface area contributed by atoms with Crippen LogP contribution in [-0.2, 0) is 25.5 Å². The number of aromatic nitrogens is 3. The Morgan fingerprint density at radius 3 is 2.11 bits per heavy atom. The topological polar surface area (TPSA) is 42.8 Å². The van der Waals surface area contributed by atoms with Crippen LogP contribution in [-0.4, -0.2) is 9.97 Å². The van der Waals surface area contributed by atoms with E-state index in [2.05, 4.69) is 60.6 Å². The molecule has 225 valence electrons. The van der Waals surface area contributed by atoms with E-state index in [-0.39, 0.29) is 20.1 Å². The summed E-state index contributed by atoms with van der Waals surface area (Å²) >= 11 is 0. The van der Waals surface area contributed by atoms with Crippen molar-refractivity contribution >= 4 is 21.9 Å². The Balaban J connectivity index is 0.000000241. The molecule has 0 fully saturated rings. The molecule has 4 aromatic carbocycles. The SMILES string of the molecule is CC(c1[c-]cccc1)(c1[c-][n+](-c2[c-]ccc3c2oc2ccccc23)ccc1)c1ccccn1.[Ir].[c-]1ccccc1-c1ccccn1. The van der Waals surface area contributed by atoms with Crippen molar-refractivity contribution in [3.8, 4) is 16.9 Å². The number of nitrogens with zero attached hydrogens (tertiary/aromatic N) is 3. The minimum atomic E-state index is -0.534. The number of hydrogen-bond acceptors (Lipinski definition) is 3. The van der Waals surface area contributed by atoms with E-state index in [4.69, 9.17) is 9.40 Å². The van der Waals surface area contributed by atoms with Crippen molar-refractivity contribution in [1.82, 2.24) is 9.97 Å². The molecule has 0 bridgehead atoms. The number of pyridine rings is 3. The molecule has 1 unspecified atom stereocenters. The summed E-state index contributed by atoms with van der Waals surface area (Å²) in [6.45, 7) is 2.17. The fourth-order valence-electron chi connectivity index (χ4n) is 5.55. The van der Waals surface area contributed by atoms with Crippen LogP contribution >= 0.6 is 0 Å². The van der Waals surface area contributed by atoms with Crippen molar-refractivity contribution in [3.63, 3.8) is 0 Å². The number of para-hydroxylation sites is 1. The Hall–Kier alpha value is -5.22. The molecule has 0 aliphatic rings. The molecule has 0 aliphatic heterocycles. The third kappa shape index (κ3) is 6.03. The first-order chi connectivity index (χ1) is 22.2. The zero-order valence-electron chi connectivity index (χ0n) is 25.0. The molecular formula is C41H28IrN3O-3. The van der Waals surface area contributed by atoms with Crippen molar-refractivity contribution in [2.24, 2.45) is 0 Å². The summed E-state index contributed by atoms with van der Waals surface area (Å²) in [4.78, 5) is 8.93. The summed E-state index contributed by atoms with van der Waals surface area (Å²) < 4.78 is 8.20. The van der Waals surface area contributed by atoms with Crippen LogP contribution in [0.2, 0.25) is 0 Å². The minimum Gasteiger partial charge on any atom is -0.519 e. The molecule has 0 amide bonds. The Labute approximate surface area is 282 Å². The van der Waals surface area contributed by atoms with Crippen LogP contribution in [0.5, 0.6) is 0 Å². The maximum Gasteiger partial charge on any atom is 0.155 e. The van der Waals surface area contributed by atoms with Gasteiger partial charge in [0, 0.05) is 48.9 Å². The molecular weight excluding hydrogens is 743 g/mol. The van der Waals surface area contributed by atoms with Gasteiger partial charge in [-0.05, 0) is 42.4 Å². The summed E-state index contributed by atoms with van der Waals surface area (Å²) in [5, 5.41) is 2.16. The van der Waals surface area contributed by atoms with Crippen LogP contribution < -0.4 is 4.57 Å². The summed E-state index contributed by atoms with van der Waals surface area (Å²) in [6, 6.07) is 53.9.